The van der Waals surface area contributed by atoms with Crippen LogP contribution < -0.4 is 32.4 Å². The Bertz CT molecular complexity index is 743. The Hall–Kier alpha value is -1.46. The maximum atomic E-state index is 6.36. The number of benzene rings is 1. The van der Waals surface area contributed by atoms with Gasteiger partial charge in [-0.1, -0.05) is 6.07 Å². The molecule has 0 spiro atoms. The molecular formula is C25H45N7O2. The lowest BCUT2D eigenvalue weighted by Crippen LogP contribution is -2.64. The molecule has 3 fully saturated rings. The van der Waals surface area contributed by atoms with E-state index in [1.54, 1.807) is 14.2 Å². The highest BCUT2D eigenvalue weighted by atomic mass is 16.5. The van der Waals surface area contributed by atoms with E-state index in [1.807, 2.05) is 6.07 Å². The third-order valence-corrected chi connectivity index (χ3v) is 7.77. The van der Waals surface area contributed by atoms with Gasteiger partial charge >= 0.3 is 0 Å². The van der Waals surface area contributed by atoms with E-state index in [-0.39, 0.29) is 24.2 Å². The van der Waals surface area contributed by atoms with Gasteiger partial charge in [-0.05, 0) is 43.4 Å². The SMILES string of the molecule is COc1ccc(CCN2CC(N3CC(N)CC(N)C3)CC(N3CC(N)CC(N)C3)C2)cc1OC. The molecule has 0 aliphatic carbocycles. The van der Waals surface area contributed by atoms with Gasteiger partial charge in [-0.25, -0.2) is 0 Å². The van der Waals surface area contributed by atoms with Crippen LogP contribution >= 0.6 is 0 Å². The highest BCUT2D eigenvalue weighted by Gasteiger charge is 2.38. The summed E-state index contributed by atoms with van der Waals surface area (Å²) >= 11 is 0. The first kappa shape index (κ1) is 25.6. The van der Waals surface area contributed by atoms with Crippen molar-refractivity contribution in [2.75, 3.05) is 60.0 Å². The van der Waals surface area contributed by atoms with Gasteiger partial charge in [-0.3, -0.25) is 14.7 Å². The Morgan fingerprint density at radius 3 is 1.68 bits per heavy atom. The zero-order valence-electron chi connectivity index (χ0n) is 20.9. The minimum absolute atomic E-state index is 0.154. The van der Waals surface area contributed by atoms with Crippen LogP contribution in [0, 0.1) is 0 Å². The number of hydrogen-bond acceptors (Lipinski definition) is 9. The van der Waals surface area contributed by atoms with Crippen molar-refractivity contribution in [3.8, 4) is 11.5 Å². The average molecular weight is 476 g/mol. The van der Waals surface area contributed by atoms with Gasteiger partial charge in [0.2, 0.25) is 0 Å². The molecule has 9 nitrogen and oxygen atoms in total. The topological polar surface area (TPSA) is 132 Å². The van der Waals surface area contributed by atoms with Crippen LogP contribution in [-0.4, -0.2) is 111 Å². The van der Waals surface area contributed by atoms with Crippen LogP contribution in [0.15, 0.2) is 18.2 Å². The third-order valence-electron chi connectivity index (χ3n) is 7.77. The van der Waals surface area contributed by atoms with E-state index in [4.69, 9.17) is 32.4 Å². The molecular weight excluding hydrogens is 430 g/mol. The van der Waals surface area contributed by atoms with Crippen molar-refractivity contribution in [1.82, 2.24) is 14.7 Å². The molecule has 4 rings (SSSR count). The molecule has 192 valence electrons. The number of hydrogen-bond donors (Lipinski definition) is 4. The van der Waals surface area contributed by atoms with Gasteiger partial charge in [0.15, 0.2) is 11.5 Å². The summed E-state index contributed by atoms with van der Waals surface area (Å²) in [5.74, 6) is 1.54. The number of ether oxygens (including phenoxy) is 2. The number of likely N-dealkylation sites (tertiary alicyclic amines) is 3. The van der Waals surface area contributed by atoms with E-state index in [0.29, 0.717) is 12.1 Å². The lowest BCUT2D eigenvalue weighted by atomic mass is 9.91. The summed E-state index contributed by atoms with van der Waals surface area (Å²) in [4.78, 5) is 7.68. The quantitative estimate of drug-likeness (QED) is 0.408. The fourth-order valence-electron chi connectivity index (χ4n) is 6.19. The molecule has 0 amide bonds. The van der Waals surface area contributed by atoms with Crippen LogP contribution in [0.4, 0.5) is 0 Å². The molecule has 0 bridgehead atoms. The number of piperidine rings is 3. The average Bonchev–Trinajstić information content (AvgIpc) is 2.81. The summed E-state index contributed by atoms with van der Waals surface area (Å²) in [7, 11) is 3.35. The molecule has 1 aromatic rings. The van der Waals surface area contributed by atoms with Gasteiger partial charge in [0.1, 0.15) is 0 Å². The zero-order chi connectivity index (χ0) is 24.2. The van der Waals surface area contributed by atoms with E-state index >= 15 is 0 Å². The van der Waals surface area contributed by atoms with Crippen LogP contribution in [0.1, 0.15) is 24.8 Å². The van der Waals surface area contributed by atoms with Crippen LogP contribution in [-0.2, 0) is 6.42 Å². The molecule has 34 heavy (non-hydrogen) atoms. The maximum absolute atomic E-state index is 6.36. The highest BCUT2D eigenvalue weighted by molar-refractivity contribution is 5.42. The van der Waals surface area contributed by atoms with Gasteiger partial charge in [-0.15, -0.1) is 0 Å². The summed E-state index contributed by atoms with van der Waals surface area (Å²) in [6.07, 6.45) is 3.89. The van der Waals surface area contributed by atoms with Crippen LogP contribution in [0.3, 0.4) is 0 Å². The smallest absolute Gasteiger partial charge is 0.160 e. The molecule has 3 aliphatic rings. The van der Waals surface area contributed by atoms with E-state index in [2.05, 4.69) is 26.8 Å². The maximum Gasteiger partial charge on any atom is 0.160 e. The first-order valence-corrected chi connectivity index (χ1v) is 12.8. The molecule has 0 radical (unpaired) electrons. The monoisotopic (exact) mass is 475 g/mol. The van der Waals surface area contributed by atoms with Gasteiger partial charge < -0.3 is 32.4 Å². The molecule has 0 saturated carbocycles. The fourth-order valence-corrected chi connectivity index (χ4v) is 6.19. The van der Waals surface area contributed by atoms with Crippen molar-refractivity contribution in [3.63, 3.8) is 0 Å². The van der Waals surface area contributed by atoms with Crippen molar-refractivity contribution in [2.45, 2.75) is 61.9 Å². The normalized spacial score (nSPS) is 34.2. The molecule has 0 aromatic heterocycles. The molecule has 3 aliphatic heterocycles. The van der Waals surface area contributed by atoms with Gasteiger partial charge in [0, 0.05) is 82.1 Å². The Morgan fingerprint density at radius 1 is 0.706 bits per heavy atom. The molecule has 3 saturated heterocycles. The van der Waals surface area contributed by atoms with Crippen LogP contribution in [0.2, 0.25) is 0 Å². The molecule has 6 unspecified atom stereocenters. The zero-order valence-corrected chi connectivity index (χ0v) is 20.9. The van der Waals surface area contributed by atoms with Crippen molar-refractivity contribution in [3.05, 3.63) is 23.8 Å². The molecule has 1 aromatic carbocycles. The van der Waals surface area contributed by atoms with Gasteiger partial charge in [-0.2, -0.15) is 0 Å². The van der Waals surface area contributed by atoms with Gasteiger partial charge in [0.05, 0.1) is 14.2 Å². The number of nitrogens with two attached hydrogens (primary N) is 4. The number of methoxy groups -OCH3 is 2. The molecule has 3 heterocycles. The van der Waals surface area contributed by atoms with Gasteiger partial charge in [0.25, 0.3) is 0 Å². The minimum Gasteiger partial charge on any atom is -0.493 e. The first-order chi connectivity index (χ1) is 16.3. The van der Waals surface area contributed by atoms with Crippen molar-refractivity contribution in [2.24, 2.45) is 22.9 Å². The molecule has 9 heteroatoms. The highest BCUT2D eigenvalue weighted by Crippen LogP contribution is 2.29. The Labute approximate surface area is 204 Å². The lowest BCUT2D eigenvalue weighted by Gasteiger charge is -2.50. The summed E-state index contributed by atoms with van der Waals surface area (Å²) < 4.78 is 10.9. The second kappa shape index (κ2) is 11.5. The summed E-state index contributed by atoms with van der Waals surface area (Å²) in [6, 6.07) is 7.70. The van der Waals surface area contributed by atoms with E-state index < -0.39 is 0 Å². The third kappa shape index (κ3) is 6.40. The van der Waals surface area contributed by atoms with Crippen LogP contribution in [0.25, 0.3) is 0 Å². The van der Waals surface area contributed by atoms with Crippen molar-refractivity contribution in [1.29, 1.82) is 0 Å². The first-order valence-electron chi connectivity index (χ1n) is 12.8. The van der Waals surface area contributed by atoms with Crippen molar-refractivity contribution < 1.29 is 9.47 Å². The second-order valence-corrected chi connectivity index (χ2v) is 10.7. The van der Waals surface area contributed by atoms with E-state index in [9.17, 15) is 0 Å². The number of rotatable bonds is 7. The lowest BCUT2D eigenvalue weighted by molar-refractivity contribution is 0.00935. The molecule has 8 N–H and O–H groups in total. The standard InChI is InChI=1S/C25H45N7O2/c1-33-24-4-3-17(7-25(24)34-2)5-6-30-15-22(31-11-18(26)8-19(27)12-31)10-23(16-30)32-13-20(28)9-21(29)14-32/h3-4,7,18-23H,5-6,8-16,26-29H2,1-2H3. The Balaban J connectivity index is 1.46. The summed E-state index contributed by atoms with van der Waals surface area (Å²) in [5, 5.41) is 0. The molecule has 6 atom stereocenters. The van der Waals surface area contributed by atoms with E-state index in [0.717, 1.165) is 83.0 Å². The predicted octanol–water partition coefficient (Wildman–Crippen LogP) is -0.590. The van der Waals surface area contributed by atoms with Crippen LogP contribution in [0.5, 0.6) is 11.5 Å². The predicted molar refractivity (Wildman–Crippen MR) is 136 cm³/mol. The minimum atomic E-state index is 0.154. The van der Waals surface area contributed by atoms with E-state index in [1.165, 1.54) is 5.56 Å². The Kier molecular flexibility index (Phi) is 8.68. The second-order valence-electron chi connectivity index (χ2n) is 10.7. The summed E-state index contributed by atoms with van der Waals surface area (Å²) in [5.41, 5.74) is 26.7. The fraction of sp³-hybridized carbons (Fsp3) is 0.760. The largest absolute Gasteiger partial charge is 0.493 e. The number of nitrogens with zero attached hydrogens (tertiary/aromatic N) is 3. The van der Waals surface area contributed by atoms with Crippen molar-refractivity contribution >= 4 is 0 Å². The Morgan fingerprint density at radius 2 is 1.21 bits per heavy atom. The summed E-state index contributed by atoms with van der Waals surface area (Å²) in [6.45, 7) is 6.76.